The SMILES string of the molecule is CCn1cc(C(=O)c2ccc[n+](C)c2C)c(=O)c2ccc(C)nc21.[I-]. The molecule has 5 nitrogen and oxygen atoms in total. The Balaban J connectivity index is 0.00000225. The van der Waals surface area contributed by atoms with Crippen LogP contribution in [0.25, 0.3) is 11.0 Å². The zero-order chi connectivity index (χ0) is 17.4. The molecule has 0 atom stereocenters. The summed E-state index contributed by atoms with van der Waals surface area (Å²) in [6.45, 7) is 6.36. The molecule has 0 saturated carbocycles. The Labute approximate surface area is 163 Å². The highest BCUT2D eigenvalue weighted by molar-refractivity contribution is 6.10. The van der Waals surface area contributed by atoms with Crippen LogP contribution in [0.1, 0.15) is 34.2 Å². The number of nitrogens with zero attached hydrogens (tertiary/aromatic N) is 3. The van der Waals surface area contributed by atoms with E-state index in [1.807, 2.05) is 49.2 Å². The number of halogens is 1. The van der Waals surface area contributed by atoms with Gasteiger partial charge in [0.25, 0.3) is 0 Å². The molecule has 0 bridgehead atoms. The molecule has 6 heteroatoms. The molecule has 0 aliphatic carbocycles. The van der Waals surface area contributed by atoms with Crippen LogP contribution in [0, 0.1) is 13.8 Å². The summed E-state index contributed by atoms with van der Waals surface area (Å²) in [5.74, 6) is -0.252. The number of hydrogen-bond donors (Lipinski definition) is 0. The molecule has 3 heterocycles. The van der Waals surface area contributed by atoms with Gasteiger partial charge in [0.15, 0.2) is 11.9 Å². The fourth-order valence-electron chi connectivity index (χ4n) is 2.84. The highest BCUT2D eigenvalue weighted by atomic mass is 127. The molecule has 0 aliphatic rings. The van der Waals surface area contributed by atoms with Gasteiger partial charge >= 0.3 is 0 Å². The van der Waals surface area contributed by atoms with Crippen LogP contribution in [-0.2, 0) is 13.6 Å². The van der Waals surface area contributed by atoms with E-state index in [0.717, 1.165) is 11.4 Å². The molecule has 0 aliphatic heterocycles. The van der Waals surface area contributed by atoms with Crippen molar-refractivity contribution in [1.29, 1.82) is 0 Å². The number of ketones is 1. The van der Waals surface area contributed by atoms with E-state index in [-0.39, 0.29) is 40.8 Å². The maximum atomic E-state index is 13.0. The van der Waals surface area contributed by atoms with Crippen molar-refractivity contribution in [2.75, 3.05) is 0 Å². The lowest BCUT2D eigenvalue weighted by atomic mass is 10.0. The van der Waals surface area contributed by atoms with Crippen molar-refractivity contribution in [3.8, 4) is 0 Å². The Morgan fingerprint density at radius 3 is 2.60 bits per heavy atom. The third kappa shape index (κ3) is 3.35. The van der Waals surface area contributed by atoms with Crippen molar-refractivity contribution in [3.05, 3.63) is 69.4 Å². The van der Waals surface area contributed by atoms with Gasteiger partial charge in [-0.2, -0.15) is 0 Å². The van der Waals surface area contributed by atoms with Gasteiger partial charge in [0, 0.05) is 31.4 Å². The van der Waals surface area contributed by atoms with E-state index in [1.165, 1.54) is 0 Å². The van der Waals surface area contributed by atoms with Gasteiger partial charge in [0.1, 0.15) is 12.7 Å². The minimum atomic E-state index is -0.266. The molecule has 0 N–H and O–H groups in total. The standard InChI is InChI=1S/C19H20N3O2.HI/c1-5-22-11-16(17(23)14-7-6-10-21(4)13(14)3)18(24)15-9-8-12(2)20-19(15)22;/h6-11H,5H2,1-4H3;1H/q+1;/p-1. The molecule has 130 valence electrons. The van der Waals surface area contributed by atoms with Crippen LogP contribution >= 0.6 is 0 Å². The third-order valence-electron chi connectivity index (χ3n) is 4.38. The number of carbonyl (C=O) groups is 1. The minimum Gasteiger partial charge on any atom is -1.00 e. The predicted molar refractivity (Wildman–Crippen MR) is 92.2 cm³/mol. The topological polar surface area (TPSA) is 55.8 Å². The summed E-state index contributed by atoms with van der Waals surface area (Å²) in [5, 5.41) is 0.478. The quantitative estimate of drug-likeness (QED) is 0.296. The van der Waals surface area contributed by atoms with Crippen molar-refractivity contribution < 1.29 is 33.3 Å². The first kappa shape index (κ1) is 19.2. The van der Waals surface area contributed by atoms with Gasteiger partial charge in [-0.05, 0) is 32.0 Å². The lowest BCUT2D eigenvalue weighted by Crippen LogP contribution is -3.00. The largest absolute Gasteiger partial charge is 1.00 e. The summed E-state index contributed by atoms with van der Waals surface area (Å²) < 4.78 is 3.73. The van der Waals surface area contributed by atoms with Crippen LogP contribution < -0.4 is 34.0 Å². The lowest BCUT2D eigenvalue weighted by Gasteiger charge is -2.11. The van der Waals surface area contributed by atoms with E-state index < -0.39 is 0 Å². The number of carbonyl (C=O) groups excluding carboxylic acids is 1. The number of hydrogen-bond acceptors (Lipinski definition) is 3. The molecule has 0 unspecified atom stereocenters. The molecular formula is C19H20IN3O2. The Morgan fingerprint density at radius 2 is 1.92 bits per heavy atom. The zero-order valence-electron chi connectivity index (χ0n) is 14.7. The fourth-order valence-corrected chi connectivity index (χ4v) is 2.84. The normalized spacial score (nSPS) is 10.6. The zero-order valence-corrected chi connectivity index (χ0v) is 16.9. The Kier molecular flexibility index (Phi) is 5.72. The Bertz CT molecular complexity index is 1030. The number of fused-ring (bicyclic) bond motifs is 1. The van der Waals surface area contributed by atoms with Gasteiger partial charge in [0.05, 0.1) is 16.5 Å². The van der Waals surface area contributed by atoms with Crippen molar-refractivity contribution in [1.82, 2.24) is 9.55 Å². The van der Waals surface area contributed by atoms with Gasteiger partial charge in [0.2, 0.25) is 11.2 Å². The van der Waals surface area contributed by atoms with Crippen molar-refractivity contribution >= 4 is 16.8 Å². The maximum absolute atomic E-state index is 13.0. The maximum Gasteiger partial charge on any atom is 0.204 e. The number of pyridine rings is 3. The van der Waals surface area contributed by atoms with Gasteiger partial charge in [-0.25, -0.2) is 9.55 Å². The second-order valence-electron chi connectivity index (χ2n) is 5.93. The average Bonchev–Trinajstić information content (AvgIpc) is 2.57. The van der Waals surface area contributed by atoms with Crippen LogP contribution in [0.3, 0.4) is 0 Å². The van der Waals surface area contributed by atoms with E-state index in [1.54, 1.807) is 24.4 Å². The van der Waals surface area contributed by atoms with E-state index in [0.29, 0.717) is 23.1 Å². The van der Waals surface area contributed by atoms with Crippen LogP contribution in [-0.4, -0.2) is 15.3 Å². The van der Waals surface area contributed by atoms with Gasteiger partial charge in [-0.3, -0.25) is 9.59 Å². The second kappa shape index (κ2) is 7.43. The van der Waals surface area contributed by atoms with E-state index >= 15 is 0 Å². The molecule has 0 amide bonds. The smallest absolute Gasteiger partial charge is 0.204 e. The molecule has 0 spiro atoms. The summed E-state index contributed by atoms with van der Waals surface area (Å²) in [4.78, 5) is 30.3. The summed E-state index contributed by atoms with van der Waals surface area (Å²) in [5.41, 5.74) is 2.75. The fraction of sp³-hybridized carbons (Fsp3) is 0.263. The monoisotopic (exact) mass is 449 g/mol. The molecule has 0 aromatic carbocycles. The second-order valence-corrected chi connectivity index (χ2v) is 5.93. The van der Waals surface area contributed by atoms with Crippen molar-refractivity contribution in [2.45, 2.75) is 27.3 Å². The average molecular weight is 449 g/mol. The number of aryl methyl sites for hydroxylation is 3. The minimum absolute atomic E-state index is 0. The third-order valence-corrected chi connectivity index (χ3v) is 4.38. The van der Waals surface area contributed by atoms with Gasteiger partial charge in [-0.1, -0.05) is 0 Å². The molecule has 3 rings (SSSR count). The lowest BCUT2D eigenvalue weighted by molar-refractivity contribution is -0.677. The molecular weight excluding hydrogens is 429 g/mol. The summed E-state index contributed by atoms with van der Waals surface area (Å²) >= 11 is 0. The molecule has 0 saturated heterocycles. The summed E-state index contributed by atoms with van der Waals surface area (Å²) in [7, 11) is 1.88. The van der Waals surface area contributed by atoms with Gasteiger partial charge < -0.3 is 28.5 Å². The van der Waals surface area contributed by atoms with Crippen molar-refractivity contribution in [2.24, 2.45) is 7.05 Å². The molecule has 0 radical (unpaired) electrons. The van der Waals surface area contributed by atoms with E-state index in [9.17, 15) is 9.59 Å². The van der Waals surface area contributed by atoms with Crippen LogP contribution in [0.5, 0.6) is 0 Å². The highest BCUT2D eigenvalue weighted by Gasteiger charge is 2.22. The first-order valence-corrected chi connectivity index (χ1v) is 7.94. The number of rotatable bonds is 3. The Morgan fingerprint density at radius 1 is 1.20 bits per heavy atom. The van der Waals surface area contributed by atoms with Crippen LogP contribution in [0.4, 0.5) is 0 Å². The van der Waals surface area contributed by atoms with Crippen LogP contribution in [0.15, 0.2) is 41.5 Å². The first-order valence-electron chi connectivity index (χ1n) is 7.94. The van der Waals surface area contributed by atoms with E-state index in [2.05, 4.69) is 4.98 Å². The number of aromatic nitrogens is 3. The summed E-state index contributed by atoms with van der Waals surface area (Å²) in [6.07, 6.45) is 3.51. The van der Waals surface area contributed by atoms with E-state index in [4.69, 9.17) is 0 Å². The molecule has 25 heavy (non-hydrogen) atoms. The molecule has 3 aromatic rings. The van der Waals surface area contributed by atoms with Gasteiger partial charge in [-0.15, -0.1) is 0 Å². The predicted octanol–water partition coefficient (Wildman–Crippen LogP) is -0.907. The van der Waals surface area contributed by atoms with Crippen molar-refractivity contribution in [3.63, 3.8) is 0 Å². The van der Waals surface area contributed by atoms with Crippen LogP contribution in [0.2, 0.25) is 0 Å². The Hall–Kier alpha value is -2.09. The molecule has 3 aromatic heterocycles. The molecule has 0 fully saturated rings. The first-order chi connectivity index (χ1) is 11.4. The highest BCUT2D eigenvalue weighted by Crippen LogP contribution is 2.14. The summed E-state index contributed by atoms with van der Waals surface area (Å²) in [6, 6.07) is 7.11.